The van der Waals surface area contributed by atoms with Crippen LogP contribution in [0.4, 0.5) is 4.79 Å². The molecule has 0 radical (unpaired) electrons. The van der Waals surface area contributed by atoms with Gasteiger partial charge in [-0.05, 0) is 31.0 Å². The maximum atomic E-state index is 12.4. The van der Waals surface area contributed by atoms with Crippen LogP contribution < -0.4 is 14.8 Å². The minimum atomic E-state index is -3.02. The summed E-state index contributed by atoms with van der Waals surface area (Å²) in [6.07, 6.45) is 0.500. The van der Waals surface area contributed by atoms with E-state index in [0.717, 1.165) is 5.56 Å². The highest BCUT2D eigenvalue weighted by Crippen LogP contribution is 2.27. The number of carbonyl (C=O) groups is 1. The van der Waals surface area contributed by atoms with Crippen LogP contribution in [0.1, 0.15) is 18.9 Å². The molecule has 1 saturated heterocycles. The summed E-state index contributed by atoms with van der Waals surface area (Å²) in [5.41, 5.74) is 0.871. The van der Waals surface area contributed by atoms with E-state index in [-0.39, 0.29) is 23.6 Å². The van der Waals surface area contributed by atoms with E-state index >= 15 is 0 Å². The van der Waals surface area contributed by atoms with Gasteiger partial charge in [-0.2, -0.15) is 0 Å². The summed E-state index contributed by atoms with van der Waals surface area (Å²) in [6.45, 7) is 2.65. The first-order valence-electron chi connectivity index (χ1n) is 7.86. The smallest absolute Gasteiger partial charge is 0.317 e. The van der Waals surface area contributed by atoms with Crippen LogP contribution in [0.2, 0.25) is 0 Å². The molecule has 2 rings (SSSR count). The average molecular weight is 356 g/mol. The van der Waals surface area contributed by atoms with E-state index in [1.54, 1.807) is 31.3 Å². The minimum Gasteiger partial charge on any atom is -0.493 e. The van der Waals surface area contributed by atoms with Crippen LogP contribution in [-0.2, 0) is 16.4 Å². The zero-order valence-corrected chi connectivity index (χ0v) is 15.1. The molecular weight excluding hydrogens is 332 g/mol. The number of hydrogen-bond acceptors (Lipinski definition) is 5. The second-order valence-corrected chi connectivity index (χ2v) is 7.92. The van der Waals surface area contributed by atoms with Crippen molar-refractivity contribution in [1.82, 2.24) is 10.2 Å². The number of nitrogens with one attached hydrogen (secondary N) is 1. The Morgan fingerprint density at radius 2 is 2.00 bits per heavy atom. The predicted octanol–water partition coefficient (Wildman–Crippen LogP) is 1.42. The maximum absolute atomic E-state index is 12.4. The Morgan fingerprint density at radius 3 is 2.54 bits per heavy atom. The van der Waals surface area contributed by atoms with Crippen molar-refractivity contribution in [3.63, 3.8) is 0 Å². The molecule has 1 heterocycles. The van der Waals surface area contributed by atoms with E-state index in [1.807, 2.05) is 13.0 Å². The van der Waals surface area contributed by atoms with E-state index in [4.69, 9.17) is 9.47 Å². The molecule has 1 aliphatic heterocycles. The van der Waals surface area contributed by atoms with Gasteiger partial charge in [0.1, 0.15) is 0 Å². The number of rotatable bonds is 6. The van der Waals surface area contributed by atoms with E-state index in [1.165, 1.54) is 0 Å². The fourth-order valence-electron chi connectivity index (χ4n) is 2.86. The first-order chi connectivity index (χ1) is 11.4. The van der Waals surface area contributed by atoms with Gasteiger partial charge in [0, 0.05) is 19.1 Å². The Morgan fingerprint density at radius 1 is 1.29 bits per heavy atom. The number of nitrogens with zero attached hydrogens (tertiary/aromatic N) is 1. The van der Waals surface area contributed by atoms with E-state index in [0.29, 0.717) is 31.0 Å². The number of methoxy groups -OCH3 is 2. The molecule has 1 aromatic carbocycles. The molecule has 1 unspecified atom stereocenters. The molecule has 1 aromatic rings. The molecule has 0 aromatic heterocycles. The van der Waals surface area contributed by atoms with Crippen LogP contribution in [0.3, 0.4) is 0 Å². The van der Waals surface area contributed by atoms with Crippen molar-refractivity contribution in [3.05, 3.63) is 23.8 Å². The first kappa shape index (κ1) is 18.4. The number of amides is 2. The van der Waals surface area contributed by atoms with Crippen molar-refractivity contribution >= 4 is 15.9 Å². The monoisotopic (exact) mass is 356 g/mol. The first-order valence-corrected chi connectivity index (χ1v) is 9.68. The molecule has 0 bridgehead atoms. The summed E-state index contributed by atoms with van der Waals surface area (Å²) in [5.74, 6) is 1.42. The number of hydrogen-bond donors (Lipinski definition) is 1. The summed E-state index contributed by atoms with van der Waals surface area (Å²) < 4.78 is 33.6. The van der Waals surface area contributed by atoms with Crippen molar-refractivity contribution in [2.24, 2.45) is 0 Å². The summed E-state index contributed by atoms with van der Waals surface area (Å²) in [4.78, 5) is 14.0. The molecule has 0 aliphatic carbocycles. The van der Waals surface area contributed by atoms with Gasteiger partial charge in [0.15, 0.2) is 21.3 Å². The molecular formula is C16H24N2O5S. The van der Waals surface area contributed by atoms with E-state index in [9.17, 15) is 13.2 Å². The zero-order chi connectivity index (χ0) is 17.7. The van der Waals surface area contributed by atoms with E-state index < -0.39 is 9.84 Å². The summed E-state index contributed by atoms with van der Waals surface area (Å²) in [6, 6.07) is 4.93. The van der Waals surface area contributed by atoms with Crippen molar-refractivity contribution in [2.45, 2.75) is 25.9 Å². The largest absolute Gasteiger partial charge is 0.493 e. The molecule has 0 saturated carbocycles. The Labute approximate surface area is 142 Å². The second kappa shape index (κ2) is 7.74. The minimum absolute atomic E-state index is 0.0462. The van der Waals surface area contributed by atoms with Crippen molar-refractivity contribution < 1.29 is 22.7 Å². The summed E-state index contributed by atoms with van der Waals surface area (Å²) in [7, 11) is 0.0987. The molecule has 1 atom stereocenters. The highest BCUT2D eigenvalue weighted by molar-refractivity contribution is 7.91. The van der Waals surface area contributed by atoms with Crippen molar-refractivity contribution in [1.29, 1.82) is 0 Å². The fraction of sp³-hybridized carbons (Fsp3) is 0.562. The predicted molar refractivity (Wildman–Crippen MR) is 91.2 cm³/mol. The zero-order valence-electron chi connectivity index (χ0n) is 14.2. The normalized spacial score (nSPS) is 18.9. The van der Waals surface area contributed by atoms with Crippen LogP contribution in [0.15, 0.2) is 18.2 Å². The molecule has 0 spiro atoms. The highest BCUT2D eigenvalue weighted by atomic mass is 32.2. The van der Waals surface area contributed by atoms with Crippen LogP contribution in [0, 0.1) is 0 Å². The molecule has 1 N–H and O–H groups in total. The van der Waals surface area contributed by atoms with Gasteiger partial charge >= 0.3 is 6.03 Å². The quantitative estimate of drug-likeness (QED) is 0.833. The number of benzene rings is 1. The Bertz CT molecular complexity index is 690. The van der Waals surface area contributed by atoms with Gasteiger partial charge in [-0.3, -0.25) is 0 Å². The number of urea groups is 1. The summed E-state index contributed by atoms with van der Waals surface area (Å²) in [5, 5.41) is 2.84. The average Bonchev–Trinajstić information content (AvgIpc) is 2.92. The van der Waals surface area contributed by atoms with Gasteiger partial charge in [0.25, 0.3) is 0 Å². The maximum Gasteiger partial charge on any atom is 0.317 e. The second-order valence-electron chi connectivity index (χ2n) is 5.69. The standard InChI is InChI=1S/C16H24N2O5S/c1-4-18(13-7-8-24(20,21)11-13)16(19)17-10-12-5-6-14(22-2)15(9-12)23-3/h5-6,9,13H,4,7-8,10-11H2,1-3H3,(H,17,19). The molecule has 134 valence electrons. The lowest BCUT2D eigenvalue weighted by Crippen LogP contribution is -2.46. The number of carbonyl (C=O) groups excluding carboxylic acids is 1. The fourth-order valence-corrected chi connectivity index (χ4v) is 4.59. The van der Waals surface area contributed by atoms with Gasteiger partial charge in [-0.25, -0.2) is 13.2 Å². The van der Waals surface area contributed by atoms with Gasteiger partial charge in [0.2, 0.25) is 0 Å². The third-order valence-corrected chi connectivity index (χ3v) is 5.89. The summed E-state index contributed by atoms with van der Waals surface area (Å²) >= 11 is 0. The highest BCUT2D eigenvalue weighted by Gasteiger charge is 2.33. The number of ether oxygens (including phenoxy) is 2. The molecule has 1 aliphatic rings. The molecule has 8 heteroatoms. The van der Waals surface area contributed by atoms with Gasteiger partial charge in [-0.15, -0.1) is 0 Å². The van der Waals surface area contributed by atoms with Crippen LogP contribution in [0.25, 0.3) is 0 Å². The molecule has 2 amide bonds. The van der Waals surface area contributed by atoms with Crippen molar-refractivity contribution in [3.8, 4) is 11.5 Å². The Balaban J connectivity index is 1.99. The van der Waals surface area contributed by atoms with Gasteiger partial charge < -0.3 is 19.7 Å². The van der Waals surface area contributed by atoms with Crippen molar-refractivity contribution in [2.75, 3.05) is 32.3 Å². The number of sulfone groups is 1. The lowest BCUT2D eigenvalue weighted by Gasteiger charge is -2.27. The van der Waals surface area contributed by atoms with E-state index in [2.05, 4.69) is 5.32 Å². The van der Waals surface area contributed by atoms with Gasteiger partial charge in [0.05, 0.1) is 25.7 Å². The van der Waals surface area contributed by atoms with Crippen LogP contribution in [-0.4, -0.2) is 57.7 Å². The lowest BCUT2D eigenvalue weighted by atomic mass is 10.2. The molecule has 24 heavy (non-hydrogen) atoms. The SMILES string of the molecule is CCN(C(=O)NCc1ccc(OC)c(OC)c1)C1CCS(=O)(=O)C1. The van der Waals surface area contributed by atoms with Gasteiger partial charge in [-0.1, -0.05) is 6.07 Å². The molecule has 1 fully saturated rings. The third kappa shape index (κ3) is 4.31. The van der Waals surface area contributed by atoms with Crippen LogP contribution >= 0.6 is 0 Å². The van der Waals surface area contributed by atoms with Crippen LogP contribution in [0.5, 0.6) is 11.5 Å². The lowest BCUT2D eigenvalue weighted by molar-refractivity contribution is 0.183. The topological polar surface area (TPSA) is 84.9 Å². The molecule has 7 nitrogen and oxygen atoms in total. The Kier molecular flexibility index (Phi) is 5.93. The Hall–Kier alpha value is -1.96. The third-order valence-electron chi connectivity index (χ3n) is 4.14.